The Hall–Kier alpha value is -1.28. The number of anilines is 1. The summed E-state index contributed by atoms with van der Waals surface area (Å²) in [5.74, 6) is -0.565. The van der Waals surface area contributed by atoms with Crippen LogP contribution in [0.5, 0.6) is 0 Å². The normalized spacial score (nSPS) is 8.20. The van der Waals surface area contributed by atoms with Gasteiger partial charge in [0, 0.05) is 11.3 Å². The van der Waals surface area contributed by atoms with E-state index in [1.54, 1.807) is 12.1 Å². The van der Waals surface area contributed by atoms with Gasteiger partial charge in [-0.2, -0.15) is 0 Å². The predicted molar refractivity (Wildman–Crippen MR) is 48.0 cm³/mol. The number of carbonyl (C=O) groups excluding carboxylic acids is 2. The number of hydrogen-bond donors (Lipinski definition) is 1. The van der Waals surface area contributed by atoms with Crippen molar-refractivity contribution in [2.75, 3.05) is 5.32 Å². The van der Waals surface area contributed by atoms with Crippen molar-refractivity contribution in [3.63, 3.8) is 0 Å². The maximum atomic E-state index is 10.7. The van der Waals surface area contributed by atoms with Crippen LogP contribution >= 0.6 is 0 Å². The number of carboxylic acids is 1. The fourth-order valence-electron chi connectivity index (χ4n) is 0.832. The number of rotatable bonds is 1. The number of terminal acetylenes is 1. The van der Waals surface area contributed by atoms with Crippen LogP contribution < -0.4 is 40.0 Å². The minimum atomic E-state index is -1.77. The SMILES string of the molecule is C#Cc1ccc(NC(=O)C(=O)[O-])cc1.[Na+]. The molecule has 0 aliphatic carbocycles. The number of nitrogens with one attached hydrogen (secondary N) is 1. The van der Waals surface area contributed by atoms with Crippen LogP contribution in [0.4, 0.5) is 5.69 Å². The molecular formula is C10H6NNaO3. The molecule has 1 amide bonds. The zero-order valence-electron chi connectivity index (χ0n) is 8.11. The second kappa shape index (κ2) is 6.25. The van der Waals surface area contributed by atoms with Crippen LogP contribution in [0.3, 0.4) is 0 Å². The van der Waals surface area contributed by atoms with Gasteiger partial charge in [-0.15, -0.1) is 6.42 Å². The number of benzene rings is 1. The van der Waals surface area contributed by atoms with Gasteiger partial charge in [0.25, 0.3) is 5.91 Å². The van der Waals surface area contributed by atoms with Crippen molar-refractivity contribution < 1.29 is 44.3 Å². The molecule has 0 aliphatic heterocycles. The van der Waals surface area contributed by atoms with Gasteiger partial charge in [0.1, 0.15) is 5.97 Å². The molecule has 0 aromatic heterocycles. The van der Waals surface area contributed by atoms with Crippen LogP contribution in [-0.4, -0.2) is 11.9 Å². The van der Waals surface area contributed by atoms with Crippen molar-refractivity contribution in [1.82, 2.24) is 0 Å². The maximum absolute atomic E-state index is 10.7. The average molecular weight is 211 g/mol. The molecule has 5 heteroatoms. The fraction of sp³-hybridized carbons (Fsp3) is 0. The van der Waals surface area contributed by atoms with E-state index in [-0.39, 0.29) is 29.6 Å². The van der Waals surface area contributed by atoms with Crippen LogP contribution in [0.15, 0.2) is 24.3 Å². The molecule has 70 valence electrons. The van der Waals surface area contributed by atoms with Crippen LogP contribution in [0, 0.1) is 12.3 Å². The number of carboxylic acid groups (broad SMARTS) is 1. The van der Waals surface area contributed by atoms with Gasteiger partial charge < -0.3 is 15.2 Å². The molecule has 4 nitrogen and oxygen atoms in total. The smallest absolute Gasteiger partial charge is 0.540 e. The monoisotopic (exact) mass is 211 g/mol. The fourth-order valence-corrected chi connectivity index (χ4v) is 0.832. The second-order valence-electron chi connectivity index (χ2n) is 2.46. The van der Waals surface area contributed by atoms with Gasteiger partial charge >= 0.3 is 29.6 Å². The zero-order chi connectivity index (χ0) is 10.6. The summed E-state index contributed by atoms with van der Waals surface area (Å²) in [5.41, 5.74) is 1.01. The average Bonchev–Trinajstić information content (AvgIpc) is 2.19. The predicted octanol–water partition coefficient (Wildman–Crippen LogP) is -3.64. The van der Waals surface area contributed by atoms with Crippen LogP contribution in [0.1, 0.15) is 5.56 Å². The first-order chi connectivity index (χ1) is 6.63. The minimum Gasteiger partial charge on any atom is -0.540 e. The Labute approximate surface area is 109 Å². The van der Waals surface area contributed by atoms with E-state index in [0.29, 0.717) is 11.3 Å². The summed E-state index contributed by atoms with van der Waals surface area (Å²) < 4.78 is 0. The van der Waals surface area contributed by atoms with E-state index in [1.807, 2.05) is 0 Å². The molecule has 0 fully saturated rings. The Bertz CT molecular complexity index is 406. The molecule has 1 aromatic rings. The number of aliphatic carboxylic acids is 1. The molecule has 0 saturated carbocycles. The van der Waals surface area contributed by atoms with Gasteiger partial charge in [0.05, 0.1) is 0 Å². The van der Waals surface area contributed by atoms with E-state index >= 15 is 0 Å². The van der Waals surface area contributed by atoms with E-state index in [4.69, 9.17) is 6.42 Å². The van der Waals surface area contributed by atoms with Crippen molar-refractivity contribution in [2.45, 2.75) is 0 Å². The summed E-state index contributed by atoms with van der Waals surface area (Å²) in [7, 11) is 0. The quantitative estimate of drug-likeness (QED) is 0.296. The van der Waals surface area contributed by atoms with E-state index in [1.165, 1.54) is 12.1 Å². The van der Waals surface area contributed by atoms with Crippen LogP contribution in [-0.2, 0) is 9.59 Å². The molecule has 1 N–H and O–H groups in total. The van der Waals surface area contributed by atoms with E-state index in [0.717, 1.165) is 0 Å². The molecule has 0 unspecified atom stereocenters. The molecule has 0 radical (unpaired) electrons. The third-order valence-corrected chi connectivity index (χ3v) is 1.49. The van der Waals surface area contributed by atoms with Crippen molar-refractivity contribution in [2.24, 2.45) is 0 Å². The molecule has 15 heavy (non-hydrogen) atoms. The molecule has 0 saturated heterocycles. The first kappa shape index (κ1) is 13.7. The number of amides is 1. The molecule has 1 rings (SSSR count). The first-order valence-electron chi connectivity index (χ1n) is 3.72. The molecule has 1 aromatic carbocycles. The Morgan fingerprint density at radius 3 is 2.20 bits per heavy atom. The minimum absolute atomic E-state index is 0. The molecule has 0 spiro atoms. The summed E-state index contributed by atoms with van der Waals surface area (Å²) in [6.07, 6.45) is 5.11. The molecule has 0 heterocycles. The summed E-state index contributed by atoms with van der Waals surface area (Å²) in [6.45, 7) is 0. The zero-order valence-corrected chi connectivity index (χ0v) is 10.1. The number of hydrogen-bond acceptors (Lipinski definition) is 3. The summed E-state index contributed by atoms with van der Waals surface area (Å²) >= 11 is 0. The molecule has 0 atom stereocenters. The van der Waals surface area contributed by atoms with Gasteiger partial charge in [-0.3, -0.25) is 4.79 Å². The van der Waals surface area contributed by atoms with E-state index < -0.39 is 11.9 Å². The van der Waals surface area contributed by atoms with Crippen molar-refractivity contribution in [3.05, 3.63) is 29.8 Å². The van der Waals surface area contributed by atoms with Crippen LogP contribution in [0.2, 0.25) is 0 Å². The van der Waals surface area contributed by atoms with Gasteiger partial charge in [-0.25, -0.2) is 0 Å². The largest absolute Gasteiger partial charge is 1.00 e. The summed E-state index contributed by atoms with van der Waals surface area (Å²) in [6, 6.07) is 6.20. The Balaban J connectivity index is 0.00000196. The summed E-state index contributed by atoms with van der Waals surface area (Å²) in [4.78, 5) is 20.7. The third-order valence-electron chi connectivity index (χ3n) is 1.49. The Morgan fingerprint density at radius 1 is 1.27 bits per heavy atom. The Morgan fingerprint density at radius 2 is 1.80 bits per heavy atom. The van der Waals surface area contributed by atoms with Gasteiger partial charge in [-0.05, 0) is 24.3 Å². The molecular weight excluding hydrogens is 205 g/mol. The first-order valence-corrected chi connectivity index (χ1v) is 3.72. The van der Waals surface area contributed by atoms with Crippen molar-refractivity contribution in [3.8, 4) is 12.3 Å². The molecule has 0 aliphatic rings. The topological polar surface area (TPSA) is 69.2 Å². The van der Waals surface area contributed by atoms with Gasteiger partial charge in [0.15, 0.2) is 0 Å². The standard InChI is InChI=1S/C10H7NO3.Na/c1-2-7-3-5-8(6-4-7)11-9(12)10(13)14;/h1,3-6H,(H,11,12)(H,13,14);/q;+1/p-1. The van der Waals surface area contributed by atoms with Crippen molar-refractivity contribution in [1.29, 1.82) is 0 Å². The van der Waals surface area contributed by atoms with Gasteiger partial charge in [-0.1, -0.05) is 5.92 Å². The molecule has 0 bridgehead atoms. The van der Waals surface area contributed by atoms with Crippen molar-refractivity contribution >= 4 is 17.6 Å². The van der Waals surface area contributed by atoms with Crippen LogP contribution in [0.25, 0.3) is 0 Å². The maximum Gasteiger partial charge on any atom is 1.00 e. The number of carbonyl (C=O) groups is 2. The van der Waals surface area contributed by atoms with Gasteiger partial charge in [0.2, 0.25) is 0 Å². The second-order valence-corrected chi connectivity index (χ2v) is 2.46. The summed E-state index contributed by atoms with van der Waals surface area (Å²) in [5, 5.41) is 12.2. The third kappa shape index (κ3) is 4.17. The van der Waals surface area contributed by atoms with E-state index in [9.17, 15) is 14.7 Å². The van der Waals surface area contributed by atoms with E-state index in [2.05, 4.69) is 11.2 Å². The Kier molecular flexibility index (Phi) is 5.72.